The summed E-state index contributed by atoms with van der Waals surface area (Å²) in [4.78, 5) is 59.1. The van der Waals surface area contributed by atoms with E-state index in [9.17, 15) is 24.3 Å². The summed E-state index contributed by atoms with van der Waals surface area (Å²) in [6, 6.07) is 12.5. The molecule has 3 aliphatic heterocycles. The number of fused-ring (bicyclic) bond motifs is 1. The standard InChI is InChI=1S/C38H46BrN3O7/c1-7-9-15-29(44)40-25(6)32(26-13-11-10-12-14-26)48-37(47)30-31-35(45)42(24(5)21-43)34(38(31)20-27(39)33(30)49-38)36(46)41(18-8-2)28-19-22(3)16-17-23(28)4/h7-8,10-14,16-17,19,24-25,27,30-34,43H,1-2,9,15,18,20-21H2,3-6H3,(H,40,44)/t24-,25-,27?,30-,31+,32-,33-,34-,38+/m1/s1. The predicted molar refractivity (Wildman–Crippen MR) is 190 cm³/mol. The Balaban J connectivity index is 1.52. The number of hydrogen-bond acceptors (Lipinski definition) is 7. The molecule has 3 fully saturated rings. The van der Waals surface area contributed by atoms with E-state index in [-0.39, 0.29) is 29.6 Å². The number of nitrogens with one attached hydrogen (secondary N) is 1. The van der Waals surface area contributed by atoms with Crippen LogP contribution in [0.4, 0.5) is 5.69 Å². The van der Waals surface area contributed by atoms with Crippen molar-refractivity contribution in [2.45, 2.75) is 87.7 Å². The molecule has 262 valence electrons. The van der Waals surface area contributed by atoms with Crippen LogP contribution in [0.3, 0.4) is 0 Å². The molecule has 3 aliphatic rings. The maximum Gasteiger partial charge on any atom is 0.313 e. The van der Waals surface area contributed by atoms with Crippen molar-refractivity contribution < 1.29 is 33.8 Å². The highest BCUT2D eigenvalue weighted by molar-refractivity contribution is 9.09. The van der Waals surface area contributed by atoms with E-state index in [1.165, 1.54) is 4.90 Å². The first-order valence-electron chi connectivity index (χ1n) is 16.8. The van der Waals surface area contributed by atoms with Gasteiger partial charge in [-0.15, -0.1) is 13.2 Å². The van der Waals surface area contributed by atoms with Crippen LogP contribution in [0.1, 0.15) is 55.9 Å². The molecule has 11 heteroatoms. The topological polar surface area (TPSA) is 125 Å². The van der Waals surface area contributed by atoms with E-state index in [1.54, 1.807) is 30.9 Å². The van der Waals surface area contributed by atoms with Gasteiger partial charge in [0.05, 0.1) is 36.6 Å². The number of benzene rings is 2. The average Bonchev–Trinajstić information content (AvgIpc) is 3.69. The molecule has 0 radical (unpaired) electrons. The number of carbonyl (C=O) groups is 4. The molecule has 3 heterocycles. The third-order valence-corrected chi connectivity index (χ3v) is 10.8. The smallest absolute Gasteiger partial charge is 0.313 e. The molecule has 2 N–H and O–H groups in total. The number of hydrogen-bond donors (Lipinski definition) is 2. The van der Waals surface area contributed by atoms with Crippen LogP contribution < -0.4 is 10.2 Å². The SMILES string of the molecule is C=CCCC(=O)N[C@H](C)[C@@H](OC(=O)[C@H]1[C@@H]2O[C@@]3(CC2Br)[C@@H]1C(=O)N([C@H](C)CO)[C@@H]3C(=O)N(CC=C)c1cc(C)ccc1C)c1ccccc1. The van der Waals surface area contributed by atoms with Crippen molar-refractivity contribution >= 4 is 45.3 Å². The number of ether oxygens (including phenoxy) is 2. The Morgan fingerprint density at radius 3 is 2.53 bits per heavy atom. The van der Waals surface area contributed by atoms with Gasteiger partial charge >= 0.3 is 5.97 Å². The Bertz CT molecular complexity index is 1600. The fraction of sp³-hybridized carbons (Fsp3) is 0.474. The van der Waals surface area contributed by atoms with E-state index < -0.39 is 66.3 Å². The van der Waals surface area contributed by atoms with Crippen LogP contribution in [0.25, 0.3) is 0 Å². The second kappa shape index (κ2) is 15.0. The van der Waals surface area contributed by atoms with Crippen LogP contribution >= 0.6 is 15.9 Å². The predicted octanol–water partition coefficient (Wildman–Crippen LogP) is 4.71. The largest absolute Gasteiger partial charge is 0.455 e. The number of aliphatic hydroxyl groups excluding tert-OH is 1. The molecule has 49 heavy (non-hydrogen) atoms. The molecule has 0 saturated carbocycles. The van der Waals surface area contributed by atoms with Crippen molar-refractivity contribution in [2.24, 2.45) is 11.8 Å². The van der Waals surface area contributed by atoms with Gasteiger partial charge in [-0.2, -0.15) is 0 Å². The minimum Gasteiger partial charge on any atom is -0.455 e. The second-order valence-electron chi connectivity index (χ2n) is 13.4. The molecule has 2 aromatic rings. The van der Waals surface area contributed by atoms with Crippen LogP contribution in [-0.2, 0) is 28.7 Å². The number of aliphatic hydroxyl groups is 1. The lowest BCUT2D eigenvalue weighted by Gasteiger charge is -2.39. The van der Waals surface area contributed by atoms with Crippen LogP contribution in [0.15, 0.2) is 73.8 Å². The summed E-state index contributed by atoms with van der Waals surface area (Å²) in [5, 5.41) is 13.3. The highest BCUT2D eigenvalue weighted by Gasteiger charge is 2.77. The molecule has 1 spiro atoms. The van der Waals surface area contributed by atoms with Crippen molar-refractivity contribution in [3.63, 3.8) is 0 Å². The number of likely N-dealkylation sites (tertiary alicyclic amines) is 1. The second-order valence-corrected chi connectivity index (χ2v) is 14.6. The van der Waals surface area contributed by atoms with Crippen LogP contribution in [-0.4, -0.2) is 81.5 Å². The Morgan fingerprint density at radius 1 is 1.16 bits per heavy atom. The van der Waals surface area contributed by atoms with E-state index in [1.807, 2.05) is 62.4 Å². The summed E-state index contributed by atoms with van der Waals surface area (Å²) in [7, 11) is 0. The normalized spacial score (nSPS) is 27.2. The molecule has 3 amide bonds. The van der Waals surface area contributed by atoms with Gasteiger partial charge in [-0.05, 0) is 63.3 Å². The number of nitrogens with zero attached hydrogens (tertiary/aromatic N) is 2. The van der Waals surface area contributed by atoms with E-state index in [2.05, 4.69) is 34.4 Å². The van der Waals surface area contributed by atoms with E-state index >= 15 is 0 Å². The summed E-state index contributed by atoms with van der Waals surface area (Å²) in [5.74, 6) is -3.75. The molecule has 2 bridgehead atoms. The average molecular weight is 737 g/mol. The number of amides is 3. The van der Waals surface area contributed by atoms with Gasteiger partial charge in [0.25, 0.3) is 5.91 Å². The lowest BCUT2D eigenvalue weighted by molar-refractivity contribution is -0.162. The minimum atomic E-state index is -1.36. The fourth-order valence-corrected chi connectivity index (χ4v) is 8.66. The Hall–Kier alpha value is -3.80. The number of rotatable bonds is 14. The van der Waals surface area contributed by atoms with Crippen LogP contribution in [0.5, 0.6) is 0 Å². The van der Waals surface area contributed by atoms with E-state index in [0.717, 1.165) is 11.1 Å². The fourth-order valence-electron chi connectivity index (χ4n) is 7.71. The molecule has 9 atom stereocenters. The quantitative estimate of drug-likeness (QED) is 0.164. The number of allylic oxidation sites excluding steroid dienone is 1. The highest BCUT2D eigenvalue weighted by atomic mass is 79.9. The third-order valence-electron chi connectivity index (χ3n) is 9.99. The summed E-state index contributed by atoms with van der Waals surface area (Å²) >= 11 is 3.72. The molecule has 10 nitrogen and oxygen atoms in total. The van der Waals surface area contributed by atoms with Crippen molar-refractivity contribution in [1.29, 1.82) is 0 Å². The molecule has 1 unspecified atom stereocenters. The molecule has 0 aromatic heterocycles. The first kappa shape index (κ1) is 36.5. The number of esters is 1. The minimum absolute atomic E-state index is 0.178. The molecular formula is C38H46BrN3O7. The number of halogens is 1. The summed E-state index contributed by atoms with van der Waals surface area (Å²) < 4.78 is 12.9. The van der Waals surface area contributed by atoms with Gasteiger partial charge in [0.1, 0.15) is 17.7 Å². The number of anilines is 1. The lowest BCUT2D eigenvalue weighted by Crippen LogP contribution is -2.59. The van der Waals surface area contributed by atoms with Crippen LogP contribution in [0, 0.1) is 25.7 Å². The van der Waals surface area contributed by atoms with E-state index in [0.29, 0.717) is 24.1 Å². The first-order valence-corrected chi connectivity index (χ1v) is 17.7. The van der Waals surface area contributed by atoms with Gasteiger partial charge in [0, 0.05) is 23.5 Å². The maximum absolute atomic E-state index is 14.9. The monoisotopic (exact) mass is 735 g/mol. The van der Waals surface area contributed by atoms with Gasteiger partial charge in [-0.25, -0.2) is 0 Å². The summed E-state index contributed by atoms with van der Waals surface area (Å²) in [6.45, 7) is 14.7. The number of carbonyl (C=O) groups excluding carboxylic acids is 4. The molecule has 3 saturated heterocycles. The van der Waals surface area contributed by atoms with Gasteiger partial charge < -0.3 is 29.7 Å². The van der Waals surface area contributed by atoms with Crippen molar-refractivity contribution in [3.8, 4) is 0 Å². The summed E-state index contributed by atoms with van der Waals surface area (Å²) in [5.41, 5.74) is 1.83. The highest BCUT2D eigenvalue weighted by Crippen LogP contribution is 2.61. The Morgan fingerprint density at radius 2 is 1.88 bits per heavy atom. The van der Waals surface area contributed by atoms with Gasteiger partial charge in [-0.1, -0.05) is 70.5 Å². The van der Waals surface area contributed by atoms with Gasteiger partial charge in [0.2, 0.25) is 11.8 Å². The van der Waals surface area contributed by atoms with Gasteiger partial charge in [-0.3, -0.25) is 19.2 Å². The zero-order valence-corrected chi connectivity index (χ0v) is 30.1. The molecule has 5 rings (SSSR count). The first-order chi connectivity index (χ1) is 23.4. The van der Waals surface area contributed by atoms with Crippen molar-refractivity contribution in [2.75, 3.05) is 18.1 Å². The van der Waals surface area contributed by atoms with E-state index in [4.69, 9.17) is 9.47 Å². The van der Waals surface area contributed by atoms with Crippen LogP contribution in [0.2, 0.25) is 0 Å². The lowest BCUT2D eigenvalue weighted by atomic mass is 9.70. The van der Waals surface area contributed by atoms with Crippen molar-refractivity contribution in [3.05, 3.63) is 90.5 Å². The zero-order chi connectivity index (χ0) is 35.6. The molecule has 0 aliphatic carbocycles. The molecule has 2 aromatic carbocycles. The number of aryl methyl sites for hydroxylation is 2. The maximum atomic E-state index is 14.9. The number of alkyl halides is 1. The Labute approximate surface area is 296 Å². The summed E-state index contributed by atoms with van der Waals surface area (Å²) in [6.07, 6.45) is 2.74. The zero-order valence-electron chi connectivity index (χ0n) is 28.5. The molecular weight excluding hydrogens is 690 g/mol. The van der Waals surface area contributed by atoms with Crippen molar-refractivity contribution in [1.82, 2.24) is 10.2 Å². The third kappa shape index (κ3) is 6.72. The van der Waals surface area contributed by atoms with Gasteiger partial charge in [0.15, 0.2) is 0 Å². The Kier molecular flexibility index (Phi) is 11.2.